The number of rotatable bonds is 2. The summed E-state index contributed by atoms with van der Waals surface area (Å²) in [6, 6.07) is 8.26. The lowest BCUT2D eigenvalue weighted by molar-refractivity contribution is 0.0475. The summed E-state index contributed by atoms with van der Waals surface area (Å²) in [5, 5.41) is 4.13. The Bertz CT molecular complexity index is 646. The van der Waals surface area contributed by atoms with Crippen LogP contribution >= 0.6 is 0 Å². The Morgan fingerprint density at radius 2 is 2.00 bits per heavy atom. The molecule has 1 saturated carbocycles. The molecule has 1 aliphatic carbocycles. The number of aromatic nitrogens is 2. The second-order valence-electron chi connectivity index (χ2n) is 6.02. The van der Waals surface area contributed by atoms with Gasteiger partial charge in [0.2, 0.25) is 0 Å². The van der Waals surface area contributed by atoms with E-state index in [1.807, 2.05) is 12.1 Å². The van der Waals surface area contributed by atoms with Crippen LogP contribution in [0.1, 0.15) is 54.6 Å². The zero-order chi connectivity index (χ0) is 14.3. The van der Waals surface area contributed by atoms with Crippen molar-refractivity contribution in [2.45, 2.75) is 43.7 Å². The third-order valence-corrected chi connectivity index (χ3v) is 4.60. The van der Waals surface area contributed by atoms with E-state index >= 15 is 0 Å². The lowest BCUT2D eigenvalue weighted by Gasteiger charge is -2.23. The second kappa shape index (κ2) is 4.93. The number of nitrogens with two attached hydrogens (primary N) is 1. The molecule has 1 atom stereocenters. The fourth-order valence-electron chi connectivity index (χ4n) is 3.37. The molecule has 21 heavy (non-hydrogen) atoms. The molecule has 1 fully saturated rings. The Morgan fingerprint density at radius 3 is 2.86 bits per heavy atom. The number of nitrogens with zero attached hydrogens (tertiary/aromatic N) is 2. The van der Waals surface area contributed by atoms with Gasteiger partial charge in [-0.3, -0.25) is 0 Å². The van der Waals surface area contributed by atoms with E-state index in [2.05, 4.69) is 22.3 Å². The normalized spacial score (nSPS) is 24.0. The molecule has 1 unspecified atom stereocenters. The zero-order valence-electron chi connectivity index (χ0n) is 11.9. The van der Waals surface area contributed by atoms with Gasteiger partial charge in [-0.05, 0) is 30.4 Å². The van der Waals surface area contributed by atoms with Gasteiger partial charge in [0.05, 0.1) is 12.1 Å². The van der Waals surface area contributed by atoms with Crippen LogP contribution in [0, 0.1) is 0 Å². The topological polar surface area (TPSA) is 74.2 Å². The van der Waals surface area contributed by atoms with Gasteiger partial charge in [-0.15, -0.1) is 0 Å². The van der Waals surface area contributed by atoms with Crippen LogP contribution in [0.4, 0.5) is 0 Å². The van der Waals surface area contributed by atoms with E-state index in [9.17, 15) is 0 Å². The van der Waals surface area contributed by atoms with Crippen LogP contribution in [0.3, 0.4) is 0 Å². The van der Waals surface area contributed by atoms with Crippen LogP contribution in [-0.4, -0.2) is 16.7 Å². The molecule has 5 nitrogen and oxygen atoms in total. The summed E-state index contributed by atoms with van der Waals surface area (Å²) in [6.07, 6.45) is 4.77. The first-order valence-corrected chi connectivity index (χ1v) is 7.59. The molecule has 2 aromatic rings. The van der Waals surface area contributed by atoms with E-state index in [1.54, 1.807) is 0 Å². The van der Waals surface area contributed by atoms with Crippen LogP contribution in [0.5, 0.6) is 0 Å². The molecule has 1 aromatic carbocycles. The molecule has 0 radical (unpaired) electrons. The van der Waals surface area contributed by atoms with Crippen molar-refractivity contribution >= 4 is 0 Å². The summed E-state index contributed by atoms with van der Waals surface area (Å²) in [5.74, 6) is 1.15. The van der Waals surface area contributed by atoms with Crippen molar-refractivity contribution < 1.29 is 9.26 Å². The van der Waals surface area contributed by atoms with E-state index in [1.165, 1.54) is 5.56 Å². The van der Waals surface area contributed by atoms with Gasteiger partial charge in [-0.25, -0.2) is 0 Å². The minimum atomic E-state index is -0.421. The van der Waals surface area contributed by atoms with Gasteiger partial charge in [0.15, 0.2) is 11.9 Å². The quantitative estimate of drug-likeness (QED) is 0.917. The molecule has 1 aromatic heterocycles. The third kappa shape index (κ3) is 2.17. The third-order valence-electron chi connectivity index (χ3n) is 4.60. The molecule has 5 heteroatoms. The Labute approximate surface area is 123 Å². The van der Waals surface area contributed by atoms with E-state index in [-0.39, 0.29) is 6.10 Å². The molecule has 0 saturated heterocycles. The maximum absolute atomic E-state index is 6.39. The predicted octanol–water partition coefficient (Wildman–Crippen LogP) is 2.46. The molecule has 110 valence electrons. The van der Waals surface area contributed by atoms with Crippen molar-refractivity contribution in [2.24, 2.45) is 5.73 Å². The van der Waals surface area contributed by atoms with Crippen LogP contribution in [-0.2, 0) is 16.7 Å². The smallest absolute Gasteiger partial charge is 0.260 e. The Hall–Kier alpha value is -1.72. The molecule has 0 bridgehead atoms. The van der Waals surface area contributed by atoms with Crippen molar-refractivity contribution in [1.82, 2.24) is 10.1 Å². The maximum Gasteiger partial charge on any atom is 0.260 e. The van der Waals surface area contributed by atoms with Crippen LogP contribution < -0.4 is 5.73 Å². The molecular weight excluding hydrogens is 266 g/mol. The first-order valence-electron chi connectivity index (χ1n) is 7.59. The Morgan fingerprint density at radius 1 is 1.19 bits per heavy atom. The monoisotopic (exact) mass is 285 g/mol. The van der Waals surface area contributed by atoms with Gasteiger partial charge in [0, 0.05) is 0 Å². The van der Waals surface area contributed by atoms with Gasteiger partial charge in [-0.2, -0.15) is 4.98 Å². The lowest BCUT2D eigenvalue weighted by atomic mass is 9.97. The fraction of sp³-hybridized carbons (Fsp3) is 0.500. The molecule has 2 N–H and O–H groups in total. The number of ether oxygens (including phenoxy) is 1. The SMILES string of the molecule is NC1(c2noc(C3OCCc4ccccc43)n2)CCCC1. The summed E-state index contributed by atoms with van der Waals surface area (Å²) >= 11 is 0. The molecular formula is C16H19N3O2. The number of fused-ring (bicyclic) bond motifs is 1. The van der Waals surface area contributed by atoms with Gasteiger partial charge in [-0.1, -0.05) is 42.3 Å². The van der Waals surface area contributed by atoms with Crippen LogP contribution in [0.25, 0.3) is 0 Å². The first-order chi connectivity index (χ1) is 10.3. The molecule has 4 rings (SSSR count). The average molecular weight is 285 g/mol. The van der Waals surface area contributed by atoms with Gasteiger partial charge < -0.3 is 15.0 Å². The predicted molar refractivity (Wildman–Crippen MR) is 76.6 cm³/mol. The summed E-state index contributed by atoms with van der Waals surface area (Å²) < 4.78 is 11.3. The standard InChI is InChI=1S/C16H19N3O2/c17-16(8-3-4-9-16)15-18-14(21-19-15)13-12-6-2-1-5-11(12)7-10-20-13/h1-2,5-6,13H,3-4,7-10,17H2. The number of hydrogen-bond donors (Lipinski definition) is 1. The van der Waals surface area contributed by atoms with Gasteiger partial charge >= 0.3 is 0 Å². The van der Waals surface area contributed by atoms with Crippen LogP contribution in [0.2, 0.25) is 0 Å². The molecule has 1 aliphatic heterocycles. The molecule has 2 heterocycles. The average Bonchev–Trinajstić information content (AvgIpc) is 3.16. The van der Waals surface area contributed by atoms with Crippen molar-refractivity contribution in [3.05, 3.63) is 47.1 Å². The largest absolute Gasteiger partial charge is 0.363 e. The van der Waals surface area contributed by atoms with Gasteiger partial charge in [0.1, 0.15) is 0 Å². The summed E-state index contributed by atoms with van der Waals surface area (Å²) in [6.45, 7) is 0.674. The van der Waals surface area contributed by atoms with E-state index in [0.717, 1.165) is 37.7 Å². The Kier molecular flexibility index (Phi) is 3.05. The minimum Gasteiger partial charge on any atom is -0.363 e. The van der Waals surface area contributed by atoms with Crippen molar-refractivity contribution in [1.29, 1.82) is 0 Å². The second-order valence-corrected chi connectivity index (χ2v) is 6.02. The summed E-state index contributed by atoms with van der Waals surface area (Å²) in [7, 11) is 0. The summed E-state index contributed by atoms with van der Waals surface area (Å²) in [5.41, 5.74) is 8.38. The van der Waals surface area contributed by atoms with Crippen molar-refractivity contribution in [3.8, 4) is 0 Å². The maximum atomic E-state index is 6.39. The summed E-state index contributed by atoms with van der Waals surface area (Å²) in [4.78, 5) is 4.56. The fourth-order valence-corrected chi connectivity index (χ4v) is 3.37. The van der Waals surface area contributed by atoms with Gasteiger partial charge in [0.25, 0.3) is 5.89 Å². The highest BCUT2D eigenvalue weighted by molar-refractivity contribution is 5.33. The van der Waals surface area contributed by atoms with Crippen LogP contribution in [0.15, 0.2) is 28.8 Å². The highest BCUT2D eigenvalue weighted by atomic mass is 16.5. The highest BCUT2D eigenvalue weighted by Crippen LogP contribution is 2.37. The lowest BCUT2D eigenvalue weighted by Crippen LogP contribution is -2.34. The van der Waals surface area contributed by atoms with Crippen molar-refractivity contribution in [3.63, 3.8) is 0 Å². The zero-order valence-corrected chi connectivity index (χ0v) is 11.9. The molecule has 2 aliphatic rings. The van der Waals surface area contributed by atoms with E-state index < -0.39 is 5.54 Å². The molecule has 0 amide bonds. The Balaban J connectivity index is 1.68. The molecule has 0 spiro atoms. The number of hydrogen-bond acceptors (Lipinski definition) is 5. The van der Waals surface area contributed by atoms with E-state index in [4.69, 9.17) is 15.0 Å². The van der Waals surface area contributed by atoms with E-state index in [0.29, 0.717) is 18.3 Å². The highest BCUT2D eigenvalue weighted by Gasteiger charge is 2.37. The number of benzene rings is 1. The minimum absolute atomic E-state index is 0.263. The van der Waals surface area contributed by atoms with Crippen molar-refractivity contribution in [2.75, 3.05) is 6.61 Å². The first kappa shape index (κ1) is 13.0.